The molecule has 146 valence electrons. The number of thioether (sulfide) groups is 1. The number of amides is 2. The summed E-state index contributed by atoms with van der Waals surface area (Å²) < 4.78 is 43.4. The normalized spacial score (nSPS) is 16.0. The van der Waals surface area contributed by atoms with Gasteiger partial charge in [0, 0.05) is 5.69 Å². The lowest BCUT2D eigenvalue weighted by molar-refractivity contribution is -0.137. The number of imide groups is 1. The summed E-state index contributed by atoms with van der Waals surface area (Å²) in [6.07, 6.45) is -2.89. The van der Waals surface area contributed by atoms with E-state index in [0.29, 0.717) is 5.75 Å². The van der Waals surface area contributed by atoms with Gasteiger partial charge in [0.1, 0.15) is 5.75 Å². The van der Waals surface area contributed by atoms with E-state index >= 15 is 0 Å². The van der Waals surface area contributed by atoms with Crippen LogP contribution in [0.2, 0.25) is 0 Å². The van der Waals surface area contributed by atoms with Crippen LogP contribution in [0, 0.1) is 0 Å². The third-order valence-corrected chi connectivity index (χ3v) is 4.83. The predicted octanol–water partition coefficient (Wildman–Crippen LogP) is 4.82. The molecular formula is C19H15F3N2O3S. The first kappa shape index (κ1) is 19.8. The van der Waals surface area contributed by atoms with Gasteiger partial charge in [-0.25, -0.2) is 0 Å². The van der Waals surface area contributed by atoms with E-state index in [2.05, 4.69) is 5.32 Å². The minimum absolute atomic E-state index is 0.160. The number of carbonyl (C=O) groups is 2. The van der Waals surface area contributed by atoms with E-state index in [1.165, 1.54) is 19.2 Å². The van der Waals surface area contributed by atoms with E-state index in [-0.39, 0.29) is 17.3 Å². The smallest absolute Gasteiger partial charge is 0.416 e. The van der Waals surface area contributed by atoms with Crippen LogP contribution in [0.3, 0.4) is 0 Å². The van der Waals surface area contributed by atoms with E-state index in [4.69, 9.17) is 4.74 Å². The molecule has 28 heavy (non-hydrogen) atoms. The topological polar surface area (TPSA) is 58.6 Å². The fourth-order valence-electron chi connectivity index (χ4n) is 2.46. The standard InChI is InChI=1S/C19H15F3N2O3S/c1-27-15-7-5-12(6-8-15)9-16-17(25)24(18(26)28-16)11-23-14-4-2-3-13(10-14)19(20,21)22/h2-10,23H,11H2,1H3/b16-9-. The number of methoxy groups -OCH3 is 1. The fourth-order valence-corrected chi connectivity index (χ4v) is 3.30. The second kappa shape index (κ2) is 7.97. The molecule has 0 atom stereocenters. The van der Waals surface area contributed by atoms with Crippen molar-refractivity contribution in [1.29, 1.82) is 0 Å². The maximum absolute atomic E-state index is 12.8. The Hall–Kier alpha value is -2.94. The highest BCUT2D eigenvalue weighted by Gasteiger charge is 2.35. The minimum atomic E-state index is -4.47. The predicted molar refractivity (Wildman–Crippen MR) is 101 cm³/mol. The summed E-state index contributed by atoms with van der Waals surface area (Å²) >= 11 is 0.776. The monoisotopic (exact) mass is 408 g/mol. The number of alkyl halides is 3. The first-order valence-corrected chi connectivity index (χ1v) is 8.90. The van der Waals surface area contributed by atoms with Crippen molar-refractivity contribution in [1.82, 2.24) is 4.90 Å². The fraction of sp³-hybridized carbons (Fsp3) is 0.158. The summed E-state index contributed by atoms with van der Waals surface area (Å²) in [5, 5.41) is 2.19. The van der Waals surface area contributed by atoms with Gasteiger partial charge in [-0.3, -0.25) is 14.5 Å². The van der Waals surface area contributed by atoms with Crippen LogP contribution in [-0.4, -0.2) is 29.8 Å². The third-order valence-electron chi connectivity index (χ3n) is 3.92. The van der Waals surface area contributed by atoms with Crippen LogP contribution in [0.25, 0.3) is 6.08 Å². The molecule has 2 aromatic rings. The lowest BCUT2D eigenvalue weighted by Gasteiger charge is -2.15. The second-order valence-corrected chi connectivity index (χ2v) is 6.79. The van der Waals surface area contributed by atoms with Gasteiger partial charge >= 0.3 is 6.18 Å². The summed E-state index contributed by atoms with van der Waals surface area (Å²) in [5.74, 6) is 0.154. The highest BCUT2D eigenvalue weighted by molar-refractivity contribution is 8.18. The van der Waals surface area contributed by atoms with E-state index in [9.17, 15) is 22.8 Å². The first-order chi connectivity index (χ1) is 13.3. The molecule has 5 nitrogen and oxygen atoms in total. The van der Waals surface area contributed by atoms with E-state index in [0.717, 1.165) is 34.4 Å². The quantitative estimate of drug-likeness (QED) is 0.719. The molecule has 1 fully saturated rings. The molecule has 2 aromatic carbocycles. The van der Waals surface area contributed by atoms with Crippen molar-refractivity contribution in [3.8, 4) is 5.75 Å². The Kier molecular flexibility index (Phi) is 5.64. The largest absolute Gasteiger partial charge is 0.497 e. The summed E-state index contributed by atoms with van der Waals surface area (Å²) in [4.78, 5) is 25.8. The highest BCUT2D eigenvalue weighted by Crippen LogP contribution is 2.33. The molecule has 1 N–H and O–H groups in total. The van der Waals surface area contributed by atoms with Gasteiger partial charge in [-0.2, -0.15) is 13.2 Å². The van der Waals surface area contributed by atoms with Crippen LogP contribution in [0.1, 0.15) is 11.1 Å². The Morgan fingerprint density at radius 3 is 2.50 bits per heavy atom. The number of hydrogen-bond donors (Lipinski definition) is 1. The number of anilines is 1. The van der Waals surface area contributed by atoms with Crippen molar-refractivity contribution in [3.05, 3.63) is 64.6 Å². The van der Waals surface area contributed by atoms with Gasteiger partial charge in [0.2, 0.25) is 0 Å². The van der Waals surface area contributed by atoms with Crippen LogP contribution in [0.5, 0.6) is 5.75 Å². The number of halogens is 3. The lowest BCUT2D eigenvalue weighted by atomic mass is 10.2. The number of benzene rings is 2. The van der Waals surface area contributed by atoms with Gasteiger partial charge in [0.05, 0.1) is 24.2 Å². The van der Waals surface area contributed by atoms with Crippen molar-refractivity contribution >= 4 is 34.7 Å². The van der Waals surface area contributed by atoms with E-state index < -0.39 is 22.9 Å². The molecule has 0 radical (unpaired) electrons. The minimum Gasteiger partial charge on any atom is -0.497 e. The van der Waals surface area contributed by atoms with Gasteiger partial charge in [-0.15, -0.1) is 0 Å². The number of nitrogens with one attached hydrogen (secondary N) is 1. The maximum atomic E-state index is 12.8. The molecule has 0 bridgehead atoms. The van der Waals surface area contributed by atoms with Crippen LogP contribution >= 0.6 is 11.8 Å². The van der Waals surface area contributed by atoms with Crippen molar-refractivity contribution in [2.24, 2.45) is 0 Å². The van der Waals surface area contributed by atoms with Crippen LogP contribution < -0.4 is 10.1 Å². The Labute approximate surface area is 163 Å². The highest BCUT2D eigenvalue weighted by atomic mass is 32.2. The molecule has 1 aliphatic heterocycles. The SMILES string of the molecule is COc1ccc(/C=C2\SC(=O)N(CNc3cccc(C(F)(F)F)c3)C2=O)cc1. The average molecular weight is 408 g/mol. The van der Waals surface area contributed by atoms with Crippen molar-refractivity contribution in [2.45, 2.75) is 6.18 Å². The van der Waals surface area contributed by atoms with Crippen LogP contribution in [-0.2, 0) is 11.0 Å². The maximum Gasteiger partial charge on any atom is 0.416 e. The molecule has 3 rings (SSSR count). The number of rotatable bonds is 5. The number of ether oxygens (including phenoxy) is 1. The van der Waals surface area contributed by atoms with Gasteiger partial charge in [-0.1, -0.05) is 18.2 Å². The molecule has 0 aliphatic carbocycles. The molecule has 1 aliphatic rings. The Morgan fingerprint density at radius 1 is 1.14 bits per heavy atom. The third kappa shape index (κ3) is 4.48. The number of carbonyl (C=O) groups excluding carboxylic acids is 2. The van der Waals surface area contributed by atoms with Crippen molar-refractivity contribution in [3.63, 3.8) is 0 Å². The van der Waals surface area contributed by atoms with Crippen molar-refractivity contribution < 1.29 is 27.5 Å². The number of hydrogen-bond acceptors (Lipinski definition) is 5. The molecule has 0 unspecified atom stereocenters. The average Bonchev–Trinajstić information content (AvgIpc) is 2.93. The molecule has 1 saturated heterocycles. The van der Waals surface area contributed by atoms with Crippen molar-refractivity contribution in [2.75, 3.05) is 19.1 Å². The Balaban J connectivity index is 1.69. The van der Waals surface area contributed by atoms with Crippen LogP contribution in [0.15, 0.2) is 53.4 Å². The van der Waals surface area contributed by atoms with E-state index in [1.807, 2.05) is 0 Å². The lowest BCUT2D eigenvalue weighted by Crippen LogP contribution is -2.33. The van der Waals surface area contributed by atoms with Gasteiger partial charge < -0.3 is 10.1 Å². The molecular weight excluding hydrogens is 393 g/mol. The van der Waals surface area contributed by atoms with Crippen LogP contribution in [0.4, 0.5) is 23.7 Å². The zero-order valence-corrected chi connectivity index (χ0v) is 15.4. The Bertz CT molecular complexity index is 927. The molecule has 0 spiro atoms. The number of nitrogens with zero attached hydrogens (tertiary/aromatic N) is 1. The second-order valence-electron chi connectivity index (χ2n) is 5.80. The molecule has 0 saturated carbocycles. The van der Waals surface area contributed by atoms with Gasteiger partial charge in [-0.05, 0) is 53.7 Å². The summed E-state index contributed by atoms with van der Waals surface area (Å²) in [6, 6.07) is 11.5. The van der Waals surface area contributed by atoms with Gasteiger partial charge in [0.25, 0.3) is 11.1 Å². The molecule has 0 aromatic heterocycles. The summed E-state index contributed by atoms with van der Waals surface area (Å²) in [7, 11) is 1.54. The molecule has 2 amide bonds. The van der Waals surface area contributed by atoms with Gasteiger partial charge in [0.15, 0.2) is 0 Å². The zero-order valence-electron chi connectivity index (χ0n) is 14.6. The Morgan fingerprint density at radius 2 is 1.86 bits per heavy atom. The summed E-state index contributed by atoms with van der Waals surface area (Å²) in [6.45, 7) is -0.230. The molecule has 1 heterocycles. The van der Waals surface area contributed by atoms with E-state index in [1.54, 1.807) is 30.3 Å². The first-order valence-electron chi connectivity index (χ1n) is 8.08. The molecule has 9 heteroatoms. The zero-order chi connectivity index (χ0) is 20.3. The summed E-state index contributed by atoms with van der Waals surface area (Å²) in [5.41, 5.74) is 0.0659.